The SMILES string of the molecule is CS(=O)(=O)NSOOC(F)(F)F. The third-order valence-electron chi connectivity index (χ3n) is 0.348. The first kappa shape index (κ1) is 12.0. The van der Waals surface area contributed by atoms with Crippen LogP contribution in [0.4, 0.5) is 13.2 Å². The zero-order valence-electron chi connectivity index (χ0n) is 5.58. The van der Waals surface area contributed by atoms with Crippen LogP contribution < -0.4 is 4.13 Å². The molecule has 0 aromatic carbocycles. The first-order valence-electron chi connectivity index (χ1n) is 2.25. The lowest BCUT2D eigenvalue weighted by Crippen LogP contribution is -2.17. The van der Waals surface area contributed by atoms with Crippen LogP contribution in [-0.4, -0.2) is 21.0 Å². The topological polar surface area (TPSA) is 64.6 Å². The van der Waals surface area contributed by atoms with Gasteiger partial charge in [0.05, 0.1) is 6.26 Å². The van der Waals surface area contributed by atoms with Crippen molar-refractivity contribution in [2.24, 2.45) is 0 Å². The monoisotopic (exact) mass is 227 g/mol. The number of hydrogen-bond acceptors (Lipinski definition) is 5. The van der Waals surface area contributed by atoms with Crippen molar-refractivity contribution in [2.45, 2.75) is 6.36 Å². The molecule has 0 spiro atoms. The summed E-state index contributed by atoms with van der Waals surface area (Å²) >= 11 is -0.193. The van der Waals surface area contributed by atoms with Gasteiger partial charge in [0.2, 0.25) is 10.0 Å². The molecule has 12 heavy (non-hydrogen) atoms. The first-order chi connectivity index (χ1) is 5.21. The molecule has 0 aliphatic heterocycles. The summed E-state index contributed by atoms with van der Waals surface area (Å²) in [5.74, 6) is 0. The minimum absolute atomic E-state index is 0.193. The molecule has 0 aromatic heterocycles. The van der Waals surface area contributed by atoms with Crippen molar-refractivity contribution in [1.82, 2.24) is 4.13 Å². The highest BCUT2D eigenvalue weighted by Crippen LogP contribution is 2.18. The van der Waals surface area contributed by atoms with Crippen molar-refractivity contribution in [3.05, 3.63) is 0 Å². The fourth-order valence-electron chi connectivity index (χ4n) is 0.131. The predicted molar refractivity (Wildman–Crippen MR) is 33.8 cm³/mol. The summed E-state index contributed by atoms with van der Waals surface area (Å²) in [6, 6.07) is 0. The molecule has 74 valence electrons. The van der Waals surface area contributed by atoms with Gasteiger partial charge in [-0.15, -0.1) is 26.5 Å². The third-order valence-corrected chi connectivity index (χ3v) is 1.97. The maximum absolute atomic E-state index is 11.1. The van der Waals surface area contributed by atoms with Gasteiger partial charge in [0, 0.05) is 0 Å². The summed E-state index contributed by atoms with van der Waals surface area (Å²) in [7, 11) is -3.60. The summed E-state index contributed by atoms with van der Waals surface area (Å²) in [5, 5.41) is 0. The minimum Gasteiger partial charge on any atom is -0.212 e. The second kappa shape index (κ2) is 4.28. The molecule has 5 nitrogen and oxygen atoms in total. The maximum atomic E-state index is 11.1. The average Bonchev–Trinajstić information content (AvgIpc) is 1.76. The Labute approximate surface area is 70.5 Å². The molecule has 0 fully saturated rings. The van der Waals surface area contributed by atoms with Crippen LogP contribution >= 0.6 is 12.2 Å². The van der Waals surface area contributed by atoms with E-state index < -0.39 is 16.4 Å². The molecule has 0 atom stereocenters. The number of rotatable bonds is 4. The van der Waals surface area contributed by atoms with Gasteiger partial charge in [-0.3, -0.25) is 0 Å². The average molecular weight is 227 g/mol. The van der Waals surface area contributed by atoms with Crippen molar-refractivity contribution in [2.75, 3.05) is 6.26 Å². The molecule has 0 heterocycles. The van der Waals surface area contributed by atoms with Crippen molar-refractivity contribution >= 4 is 22.3 Å². The molecular weight excluding hydrogens is 223 g/mol. The van der Waals surface area contributed by atoms with Crippen molar-refractivity contribution in [1.29, 1.82) is 0 Å². The van der Waals surface area contributed by atoms with E-state index in [9.17, 15) is 21.6 Å². The van der Waals surface area contributed by atoms with Crippen LogP contribution in [0.2, 0.25) is 0 Å². The zero-order valence-corrected chi connectivity index (χ0v) is 7.22. The number of sulfonamides is 1. The summed E-state index contributed by atoms with van der Waals surface area (Å²) in [5.41, 5.74) is 0. The Hall–Kier alpha value is -0.0300. The highest BCUT2D eigenvalue weighted by atomic mass is 32.3. The van der Waals surface area contributed by atoms with Crippen LogP contribution in [0, 0.1) is 0 Å². The summed E-state index contributed by atoms with van der Waals surface area (Å²) in [6.45, 7) is 0. The predicted octanol–water partition coefficient (Wildman–Crippen LogP) is 0.567. The molecule has 0 unspecified atom stereocenters. The molecule has 0 bridgehead atoms. The lowest BCUT2D eigenvalue weighted by molar-refractivity contribution is -0.440. The van der Waals surface area contributed by atoms with Crippen LogP contribution in [0.1, 0.15) is 0 Å². The van der Waals surface area contributed by atoms with Gasteiger partial charge in [-0.25, -0.2) is 8.42 Å². The fraction of sp³-hybridized carbons (Fsp3) is 1.00. The van der Waals surface area contributed by atoms with E-state index in [2.05, 4.69) is 9.22 Å². The Balaban J connectivity index is 3.48. The summed E-state index contributed by atoms with van der Waals surface area (Å²) in [6.07, 6.45) is -4.21. The minimum atomic E-state index is -4.95. The van der Waals surface area contributed by atoms with Crippen LogP contribution in [0.25, 0.3) is 0 Å². The summed E-state index contributed by atoms with van der Waals surface area (Å²) in [4.78, 5) is 2.76. The zero-order chi connectivity index (χ0) is 9.83. The van der Waals surface area contributed by atoms with Gasteiger partial charge in [-0.05, 0) is 0 Å². The molecule has 0 saturated heterocycles. The standard InChI is InChI=1S/C2H4F3NO4S2/c1-12(7,8)6-11-10-9-2(3,4)5/h6H,1H3. The van der Waals surface area contributed by atoms with Gasteiger partial charge in [0.1, 0.15) is 12.2 Å². The van der Waals surface area contributed by atoms with Gasteiger partial charge in [0.25, 0.3) is 0 Å². The second-order valence-electron chi connectivity index (χ2n) is 1.54. The van der Waals surface area contributed by atoms with E-state index in [1.807, 2.05) is 0 Å². The Morgan fingerprint density at radius 3 is 2.25 bits per heavy atom. The lowest BCUT2D eigenvalue weighted by Gasteiger charge is -2.03. The van der Waals surface area contributed by atoms with Crippen LogP contribution in [0.3, 0.4) is 0 Å². The van der Waals surface area contributed by atoms with E-state index in [1.165, 1.54) is 4.13 Å². The third kappa shape index (κ3) is 9.97. The van der Waals surface area contributed by atoms with E-state index in [4.69, 9.17) is 0 Å². The molecule has 0 radical (unpaired) electrons. The number of nitrogens with one attached hydrogen (secondary N) is 1. The second-order valence-corrected chi connectivity index (χ2v) is 4.05. The van der Waals surface area contributed by atoms with E-state index in [1.54, 1.807) is 0 Å². The first-order valence-corrected chi connectivity index (χ1v) is 4.89. The lowest BCUT2D eigenvalue weighted by atomic mass is 11.4. The molecule has 10 heteroatoms. The smallest absolute Gasteiger partial charge is 0.212 e. The largest absolute Gasteiger partial charge is 0.550 e. The Morgan fingerprint density at radius 1 is 1.42 bits per heavy atom. The molecule has 0 aliphatic rings. The van der Waals surface area contributed by atoms with Gasteiger partial charge < -0.3 is 0 Å². The van der Waals surface area contributed by atoms with Crippen molar-refractivity contribution in [3.8, 4) is 0 Å². The molecule has 0 rings (SSSR count). The van der Waals surface area contributed by atoms with E-state index in [0.717, 1.165) is 6.26 Å². The van der Waals surface area contributed by atoms with Gasteiger partial charge in [-0.2, -0.15) is 0 Å². The molecule has 1 N–H and O–H groups in total. The van der Waals surface area contributed by atoms with E-state index >= 15 is 0 Å². The van der Waals surface area contributed by atoms with Crippen LogP contribution in [-0.2, 0) is 19.2 Å². The number of halogens is 3. The Kier molecular flexibility index (Phi) is 4.26. The maximum Gasteiger partial charge on any atom is 0.550 e. The van der Waals surface area contributed by atoms with Crippen molar-refractivity contribution in [3.63, 3.8) is 0 Å². The van der Waals surface area contributed by atoms with Gasteiger partial charge in [-0.1, -0.05) is 0 Å². The highest BCUT2D eigenvalue weighted by Gasteiger charge is 2.31. The number of hydrogen-bond donors (Lipinski definition) is 1. The van der Waals surface area contributed by atoms with Gasteiger partial charge >= 0.3 is 6.36 Å². The molecule has 0 aliphatic carbocycles. The van der Waals surface area contributed by atoms with Crippen LogP contribution in [0.15, 0.2) is 0 Å². The van der Waals surface area contributed by atoms with E-state index in [0.29, 0.717) is 0 Å². The molecule has 0 amide bonds. The highest BCUT2D eigenvalue weighted by molar-refractivity contribution is 8.06. The molecule has 0 saturated carbocycles. The van der Waals surface area contributed by atoms with Crippen molar-refractivity contribution < 1.29 is 30.8 Å². The number of alkyl halides is 3. The molecular formula is C2H4F3NO4S2. The quantitative estimate of drug-likeness (QED) is 0.250. The Morgan fingerprint density at radius 2 is 1.92 bits per heavy atom. The molecule has 0 aromatic rings. The normalized spacial score (nSPS) is 13.3. The summed E-state index contributed by atoms with van der Waals surface area (Å²) < 4.78 is 58.7. The van der Waals surface area contributed by atoms with E-state index in [-0.39, 0.29) is 12.2 Å². The van der Waals surface area contributed by atoms with Crippen LogP contribution in [0.5, 0.6) is 0 Å². The Bertz CT molecular complexity index is 223. The fourth-order valence-corrected chi connectivity index (χ4v) is 0.848. The van der Waals surface area contributed by atoms with Gasteiger partial charge in [0.15, 0.2) is 0 Å².